The van der Waals surface area contributed by atoms with Crippen LogP contribution < -0.4 is 5.32 Å². The molecule has 2 fully saturated rings. The third kappa shape index (κ3) is 4.21. The molecule has 8 heteroatoms. The van der Waals surface area contributed by atoms with E-state index in [1.807, 2.05) is 0 Å². The molecule has 2 N–H and O–H groups in total. The molecule has 3 rings (SSSR count). The van der Waals surface area contributed by atoms with Crippen LogP contribution in [-0.2, 0) is 15.4 Å². The zero-order valence-electron chi connectivity index (χ0n) is 18.2. The van der Waals surface area contributed by atoms with Gasteiger partial charge in [-0.3, -0.25) is 4.90 Å². The van der Waals surface area contributed by atoms with Gasteiger partial charge in [0.1, 0.15) is 0 Å². The van der Waals surface area contributed by atoms with Crippen molar-refractivity contribution in [2.75, 3.05) is 25.9 Å². The minimum Gasteiger partial charge on any atom is -0.465 e. The highest BCUT2D eigenvalue weighted by Crippen LogP contribution is 2.54. The number of benzene rings is 1. The Bertz CT molecular complexity index is 906. The van der Waals surface area contributed by atoms with Gasteiger partial charge in [-0.05, 0) is 73.7 Å². The molecule has 0 aliphatic carbocycles. The molecule has 30 heavy (non-hydrogen) atoms. The predicted molar refractivity (Wildman–Crippen MR) is 119 cm³/mol. The molecule has 2 atom stereocenters. The Morgan fingerprint density at radius 1 is 1.20 bits per heavy atom. The number of amides is 1. The number of sulfone groups is 1. The summed E-state index contributed by atoms with van der Waals surface area (Å²) in [6, 6.07) is 4.95. The van der Waals surface area contributed by atoms with Gasteiger partial charge in [0.25, 0.3) is 0 Å². The van der Waals surface area contributed by atoms with Crippen molar-refractivity contribution in [2.45, 2.75) is 56.9 Å². The van der Waals surface area contributed by atoms with E-state index < -0.39 is 26.9 Å². The van der Waals surface area contributed by atoms with Crippen LogP contribution in [0.1, 0.15) is 52.0 Å². The third-order valence-electron chi connectivity index (χ3n) is 7.07. The molecule has 0 bridgehead atoms. The number of carboxylic acid groups (broad SMARTS) is 1. The van der Waals surface area contributed by atoms with Gasteiger partial charge in [-0.2, -0.15) is 0 Å². The Balaban J connectivity index is 2.14. The van der Waals surface area contributed by atoms with Crippen LogP contribution >= 0.6 is 11.6 Å². The van der Waals surface area contributed by atoms with E-state index in [1.54, 1.807) is 17.0 Å². The highest BCUT2D eigenvalue weighted by Gasteiger charge is 2.54. The quantitative estimate of drug-likeness (QED) is 0.705. The van der Waals surface area contributed by atoms with E-state index in [-0.39, 0.29) is 9.92 Å². The minimum atomic E-state index is -3.46. The van der Waals surface area contributed by atoms with Crippen molar-refractivity contribution in [1.29, 1.82) is 0 Å². The lowest BCUT2D eigenvalue weighted by Gasteiger charge is -2.57. The number of hydrogen-bond acceptors (Lipinski definition) is 4. The Hall–Kier alpha value is -1.31. The molecule has 0 saturated carbocycles. The van der Waals surface area contributed by atoms with Crippen molar-refractivity contribution in [1.82, 2.24) is 10.2 Å². The predicted octanol–water partition coefficient (Wildman–Crippen LogP) is 4.37. The topological polar surface area (TPSA) is 86.7 Å². The van der Waals surface area contributed by atoms with E-state index in [9.17, 15) is 18.3 Å². The van der Waals surface area contributed by atoms with Crippen LogP contribution in [0, 0.1) is 17.3 Å². The van der Waals surface area contributed by atoms with Crippen LogP contribution in [0.2, 0.25) is 5.02 Å². The van der Waals surface area contributed by atoms with Crippen LogP contribution in [0.3, 0.4) is 0 Å². The zero-order valence-corrected chi connectivity index (χ0v) is 19.8. The fraction of sp³-hybridized carbons (Fsp3) is 0.682. The van der Waals surface area contributed by atoms with Crippen molar-refractivity contribution in [2.24, 2.45) is 17.3 Å². The van der Waals surface area contributed by atoms with Crippen molar-refractivity contribution < 1.29 is 18.3 Å². The van der Waals surface area contributed by atoms with Gasteiger partial charge >= 0.3 is 6.09 Å². The third-order valence-corrected chi connectivity index (χ3v) is 8.65. The van der Waals surface area contributed by atoms with E-state index in [2.05, 4.69) is 26.1 Å². The Morgan fingerprint density at radius 3 is 2.33 bits per heavy atom. The summed E-state index contributed by atoms with van der Waals surface area (Å²) in [4.78, 5) is 14.0. The van der Waals surface area contributed by atoms with Gasteiger partial charge in [0.2, 0.25) is 0 Å². The Morgan fingerprint density at radius 2 is 1.83 bits per heavy atom. The summed E-state index contributed by atoms with van der Waals surface area (Å²) in [5.74, 6) is 0.977. The van der Waals surface area contributed by atoms with Gasteiger partial charge < -0.3 is 10.4 Å². The summed E-state index contributed by atoms with van der Waals surface area (Å²) >= 11 is 6.40. The summed E-state index contributed by atoms with van der Waals surface area (Å²) in [6.07, 6.45) is 3.95. The molecule has 6 nitrogen and oxygen atoms in total. The zero-order chi connectivity index (χ0) is 22.3. The fourth-order valence-electron chi connectivity index (χ4n) is 5.53. The number of carbonyl (C=O) groups is 1. The van der Waals surface area contributed by atoms with Crippen molar-refractivity contribution in [3.05, 3.63) is 28.8 Å². The first kappa shape index (κ1) is 23.4. The lowest BCUT2D eigenvalue weighted by molar-refractivity contribution is -0.0595. The van der Waals surface area contributed by atoms with Gasteiger partial charge in [0.15, 0.2) is 9.84 Å². The van der Waals surface area contributed by atoms with E-state index in [0.29, 0.717) is 24.8 Å². The van der Waals surface area contributed by atoms with Crippen LogP contribution in [0.15, 0.2) is 23.1 Å². The smallest absolute Gasteiger partial charge is 0.408 e. The molecule has 1 amide bonds. The first-order chi connectivity index (χ1) is 13.9. The van der Waals surface area contributed by atoms with Gasteiger partial charge in [0, 0.05) is 12.8 Å². The van der Waals surface area contributed by atoms with E-state index >= 15 is 0 Å². The highest BCUT2D eigenvalue weighted by molar-refractivity contribution is 7.90. The number of nitrogens with one attached hydrogen (secondary N) is 1. The second-order valence-corrected chi connectivity index (χ2v) is 12.2. The number of halogens is 1. The molecular formula is C22H33ClN2O4S. The molecular weight excluding hydrogens is 424 g/mol. The molecule has 2 saturated heterocycles. The molecule has 1 aromatic carbocycles. The van der Waals surface area contributed by atoms with Crippen molar-refractivity contribution in [3.63, 3.8) is 0 Å². The average molecular weight is 457 g/mol. The van der Waals surface area contributed by atoms with Gasteiger partial charge in [-0.15, -0.1) is 0 Å². The lowest BCUT2D eigenvalue weighted by atomic mass is 9.60. The number of rotatable bonds is 3. The summed E-state index contributed by atoms with van der Waals surface area (Å²) in [5.41, 5.74) is -0.424. The maximum Gasteiger partial charge on any atom is 0.408 e. The summed E-state index contributed by atoms with van der Waals surface area (Å²) in [6.45, 7) is 8.65. The summed E-state index contributed by atoms with van der Waals surface area (Å²) in [7, 11) is -3.46. The molecule has 0 radical (unpaired) electrons. The molecule has 168 valence electrons. The first-order valence-corrected chi connectivity index (χ1v) is 12.9. The van der Waals surface area contributed by atoms with E-state index in [1.165, 1.54) is 6.07 Å². The van der Waals surface area contributed by atoms with Crippen LogP contribution in [0.25, 0.3) is 0 Å². The monoisotopic (exact) mass is 456 g/mol. The molecule has 0 aromatic heterocycles. The molecule has 2 unspecified atom stereocenters. The number of likely N-dealkylation sites (tertiary alicyclic amines) is 1. The lowest BCUT2D eigenvalue weighted by Crippen LogP contribution is -2.61. The molecule has 2 aliphatic rings. The van der Waals surface area contributed by atoms with Gasteiger partial charge in [-0.1, -0.05) is 38.4 Å². The first-order valence-electron chi connectivity index (χ1n) is 10.6. The number of hydrogen-bond donors (Lipinski definition) is 2. The van der Waals surface area contributed by atoms with Crippen LogP contribution in [-0.4, -0.2) is 50.4 Å². The average Bonchev–Trinajstić information content (AvgIpc) is 2.66. The molecule has 2 aliphatic heterocycles. The van der Waals surface area contributed by atoms with Crippen molar-refractivity contribution in [3.8, 4) is 0 Å². The second kappa shape index (κ2) is 8.32. The Labute approximate surface area is 184 Å². The van der Waals surface area contributed by atoms with Crippen molar-refractivity contribution >= 4 is 27.5 Å². The SMILES string of the molecule is CC(C)(C)C1(c2ccc(S(C)(=O)=O)c(Cl)c2)CC(C2CCNCC2)CCN1C(=O)O. The Kier molecular flexibility index (Phi) is 6.48. The van der Waals surface area contributed by atoms with Gasteiger partial charge in [-0.25, -0.2) is 13.2 Å². The number of nitrogens with zero attached hydrogens (tertiary/aromatic N) is 1. The standard InChI is InChI=1S/C22H33ClN2O4S/c1-21(2,3)22(17-5-6-19(18(23)13-17)30(4,28)29)14-16(9-12-25(22)20(26)27)15-7-10-24-11-8-15/h5-6,13,15-16,24H,7-12,14H2,1-4H3,(H,26,27). The summed E-state index contributed by atoms with van der Waals surface area (Å²) < 4.78 is 24.1. The van der Waals surface area contributed by atoms with E-state index in [4.69, 9.17) is 11.6 Å². The normalized spacial score (nSPS) is 26.6. The maximum absolute atomic E-state index is 12.4. The highest BCUT2D eigenvalue weighted by atomic mass is 35.5. The largest absolute Gasteiger partial charge is 0.465 e. The molecule has 1 aromatic rings. The molecule has 0 spiro atoms. The molecule has 2 heterocycles. The van der Waals surface area contributed by atoms with Crippen LogP contribution in [0.4, 0.5) is 4.79 Å². The van der Waals surface area contributed by atoms with Crippen LogP contribution in [0.5, 0.6) is 0 Å². The summed E-state index contributed by atoms with van der Waals surface area (Å²) in [5, 5.41) is 13.7. The maximum atomic E-state index is 12.4. The van der Waals surface area contributed by atoms with E-state index in [0.717, 1.165) is 44.2 Å². The van der Waals surface area contributed by atoms with Gasteiger partial charge in [0.05, 0.1) is 15.5 Å². The number of piperidine rings is 2. The second-order valence-electron chi connectivity index (χ2n) is 9.80. The minimum absolute atomic E-state index is 0.0737. The fourth-order valence-corrected chi connectivity index (χ4v) is 6.86.